The van der Waals surface area contributed by atoms with Crippen LogP contribution in [0.5, 0.6) is 0 Å². The van der Waals surface area contributed by atoms with Gasteiger partial charge in [0, 0.05) is 30.6 Å². The number of hydrogen-bond acceptors (Lipinski definition) is 7. The van der Waals surface area contributed by atoms with Crippen molar-refractivity contribution in [2.75, 3.05) is 37.4 Å². The van der Waals surface area contributed by atoms with Crippen molar-refractivity contribution in [1.82, 2.24) is 14.9 Å². The Morgan fingerprint density at radius 1 is 1.15 bits per heavy atom. The number of morpholine rings is 1. The molecule has 0 spiro atoms. The van der Waals surface area contributed by atoms with E-state index in [0.29, 0.717) is 49.1 Å². The maximum atomic E-state index is 14.6. The van der Waals surface area contributed by atoms with Crippen LogP contribution in [-0.4, -0.2) is 58.6 Å². The van der Waals surface area contributed by atoms with Crippen LogP contribution in [0.15, 0.2) is 41.4 Å². The smallest absolute Gasteiger partial charge is 0.224 e. The Morgan fingerprint density at radius 2 is 1.97 bits per heavy atom. The number of amides is 1. The summed E-state index contributed by atoms with van der Waals surface area (Å²) < 4.78 is 20.0. The lowest BCUT2D eigenvalue weighted by Gasteiger charge is -2.25. The summed E-state index contributed by atoms with van der Waals surface area (Å²) in [4.78, 5) is 36.1. The van der Waals surface area contributed by atoms with Crippen LogP contribution in [0.25, 0.3) is 10.9 Å². The van der Waals surface area contributed by atoms with Crippen molar-refractivity contribution in [2.24, 2.45) is 0 Å². The van der Waals surface area contributed by atoms with Crippen molar-refractivity contribution in [3.8, 4) is 0 Å². The molecule has 3 aromatic rings. The maximum absolute atomic E-state index is 14.6. The van der Waals surface area contributed by atoms with Gasteiger partial charge in [-0.3, -0.25) is 14.5 Å². The van der Waals surface area contributed by atoms with Crippen LogP contribution < -0.4 is 5.32 Å². The minimum Gasteiger partial charge on any atom is -0.379 e. The van der Waals surface area contributed by atoms with E-state index in [4.69, 9.17) is 14.7 Å². The Hall–Kier alpha value is -2.88. The van der Waals surface area contributed by atoms with Gasteiger partial charge in [0.25, 0.3) is 0 Å². The third kappa shape index (κ3) is 4.90. The Labute approximate surface area is 194 Å². The molecule has 2 aromatic carbocycles. The number of ketones is 1. The number of ether oxygens (including phenoxy) is 1. The van der Waals surface area contributed by atoms with Gasteiger partial charge >= 0.3 is 0 Å². The normalized spacial score (nSPS) is 16.5. The predicted octanol–water partition coefficient (Wildman–Crippen LogP) is 3.46. The molecule has 1 fully saturated rings. The average Bonchev–Trinajstić information content (AvgIpc) is 2.82. The topological polar surface area (TPSA) is 84.4 Å². The Balaban J connectivity index is 1.36. The van der Waals surface area contributed by atoms with E-state index in [2.05, 4.69) is 10.2 Å². The zero-order chi connectivity index (χ0) is 22.8. The highest BCUT2D eigenvalue weighted by atomic mass is 32.2. The standard InChI is InChI=1S/C24H23FN4O3S/c25-18-12-20-15(5-6-23(31)27-20)11-17(18)21(30)14-33-24-16-3-1-2-4-19(16)26-22(28-24)13-29-7-9-32-10-8-29/h1-4,11-12H,5-10,13-14H2,(H,27,31). The maximum Gasteiger partial charge on any atom is 0.224 e. The third-order valence-corrected chi connectivity index (χ3v) is 6.80. The van der Waals surface area contributed by atoms with Gasteiger partial charge in [-0.05, 0) is 30.2 Å². The molecule has 0 saturated carbocycles. The van der Waals surface area contributed by atoms with Crippen molar-refractivity contribution in [3.63, 3.8) is 0 Å². The second-order valence-electron chi connectivity index (χ2n) is 8.10. The highest BCUT2D eigenvalue weighted by molar-refractivity contribution is 8.00. The van der Waals surface area contributed by atoms with E-state index >= 15 is 0 Å². The summed E-state index contributed by atoms with van der Waals surface area (Å²) in [5.41, 5.74) is 2.10. The van der Waals surface area contributed by atoms with Crippen molar-refractivity contribution in [1.29, 1.82) is 0 Å². The molecule has 1 N–H and O–H groups in total. The Bertz CT molecular complexity index is 1230. The number of para-hydroxylation sites is 1. The van der Waals surface area contributed by atoms with Crippen LogP contribution in [0, 0.1) is 5.82 Å². The van der Waals surface area contributed by atoms with Gasteiger partial charge < -0.3 is 10.1 Å². The largest absolute Gasteiger partial charge is 0.379 e. The lowest BCUT2D eigenvalue weighted by atomic mass is 9.98. The molecule has 0 atom stereocenters. The van der Waals surface area contributed by atoms with E-state index in [9.17, 15) is 14.0 Å². The number of thioether (sulfide) groups is 1. The number of aryl methyl sites for hydroxylation is 1. The molecule has 3 heterocycles. The molecule has 9 heteroatoms. The van der Waals surface area contributed by atoms with Gasteiger partial charge in [0.15, 0.2) is 5.78 Å². The molecule has 0 aliphatic carbocycles. The summed E-state index contributed by atoms with van der Waals surface area (Å²) in [6, 6.07) is 10.5. The van der Waals surface area contributed by atoms with Gasteiger partial charge in [-0.15, -0.1) is 0 Å². The van der Waals surface area contributed by atoms with Gasteiger partial charge in [0.1, 0.15) is 16.7 Å². The summed E-state index contributed by atoms with van der Waals surface area (Å²) in [5.74, 6) is -0.321. The number of anilines is 1. The number of fused-ring (bicyclic) bond motifs is 2. The van der Waals surface area contributed by atoms with E-state index in [-0.39, 0.29) is 23.0 Å². The predicted molar refractivity (Wildman–Crippen MR) is 124 cm³/mol. The number of Topliss-reactive ketones (excluding diaryl/α,β-unsaturated/α-hetero) is 1. The van der Waals surface area contributed by atoms with Crippen molar-refractivity contribution in [2.45, 2.75) is 24.4 Å². The molecule has 2 aliphatic rings. The fourth-order valence-corrected chi connectivity index (χ4v) is 4.98. The number of carbonyl (C=O) groups excluding carboxylic acids is 2. The number of carbonyl (C=O) groups is 2. The van der Waals surface area contributed by atoms with Gasteiger partial charge in [-0.2, -0.15) is 0 Å². The molecule has 0 radical (unpaired) electrons. The molecule has 170 valence electrons. The number of aromatic nitrogens is 2. The summed E-state index contributed by atoms with van der Waals surface area (Å²) in [6.45, 7) is 3.66. The van der Waals surface area contributed by atoms with E-state index < -0.39 is 5.82 Å². The quantitative estimate of drug-likeness (QED) is 0.338. The Morgan fingerprint density at radius 3 is 2.82 bits per heavy atom. The fraction of sp³-hybridized carbons (Fsp3) is 0.333. The van der Waals surface area contributed by atoms with E-state index in [0.717, 1.165) is 29.6 Å². The van der Waals surface area contributed by atoms with Crippen LogP contribution in [0.3, 0.4) is 0 Å². The first kappa shape index (κ1) is 21.9. The van der Waals surface area contributed by atoms with E-state index in [1.807, 2.05) is 24.3 Å². The highest BCUT2D eigenvalue weighted by Gasteiger charge is 2.21. The van der Waals surface area contributed by atoms with Crippen LogP contribution in [0.1, 0.15) is 28.2 Å². The zero-order valence-electron chi connectivity index (χ0n) is 18.0. The van der Waals surface area contributed by atoms with Gasteiger partial charge in [-0.1, -0.05) is 30.0 Å². The highest BCUT2D eigenvalue weighted by Crippen LogP contribution is 2.29. The molecule has 5 rings (SSSR count). The number of hydrogen-bond donors (Lipinski definition) is 1. The molecule has 2 aliphatic heterocycles. The summed E-state index contributed by atoms with van der Waals surface area (Å²) in [7, 11) is 0. The summed E-state index contributed by atoms with van der Waals surface area (Å²) in [6.07, 6.45) is 0.830. The lowest BCUT2D eigenvalue weighted by Crippen LogP contribution is -2.36. The van der Waals surface area contributed by atoms with E-state index in [1.54, 1.807) is 6.07 Å². The SMILES string of the molecule is O=C1CCc2cc(C(=O)CSc3nc(CN4CCOCC4)nc4ccccc34)c(F)cc2N1. The molecule has 0 bridgehead atoms. The fourth-order valence-electron chi connectivity index (χ4n) is 4.06. The molecule has 33 heavy (non-hydrogen) atoms. The molecule has 1 amide bonds. The minimum absolute atomic E-state index is 0.0456. The minimum atomic E-state index is -0.623. The number of nitrogens with zero attached hydrogens (tertiary/aromatic N) is 3. The first-order valence-corrected chi connectivity index (χ1v) is 11.9. The number of benzene rings is 2. The van der Waals surface area contributed by atoms with Crippen LogP contribution in [0.2, 0.25) is 0 Å². The third-order valence-electron chi connectivity index (χ3n) is 5.81. The van der Waals surface area contributed by atoms with Crippen LogP contribution in [-0.2, 0) is 22.5 Å². The monoisotopic (exact) mass is 466 g/mol. The second kappa shape index (κ2) is 9.54. The molecule has 7 nitrogen and oxygen atoms in total. The molecule has 0 unspecified atom stereocenters. The number of nitrogens with one attached hydrogen (secondary N) is 1. The Kier molecular flexibility index (Phi) is 6.34. The second-order valence-corrected chi connectivity index (χ2v) is 9.06. The molecule has 1 saturated heterocycles. The zero-order valence-corrected chi connectivity index (χ0v) is 18.8. The van der Waals surface area contributed by atoms with E-state index in [1.165, 1.54) is 17.8 Å². The van der Waals surface area contributed by atoms with Crippen LogP contribution >= 0.6 is 11.8 Å². The average molecular weight is 467 g/mol. The van der Waals surface area contributed by atoms with Gasteiger partial charge in [0.05, 0.1) is 36.6 Å². The first-order valence-electron chi connectivity index (χ1n) is 10.9. The molecular formula is C24H23FN4O3S. The van der Waals surface area contributed by atoms with Gasteiger partial charge in [0.2, 0.25) is 5.91 Å². The molecular weight excluding hydrogens is 443 g/mol. The first-order chi connectivity index (χ1) is 16.1. The van der Waals surface area contributed by atoms with Gasteiger partial charge in [-0.25, -0.2) is 14.4 Å². The number of rotatable bonds is 6. The number of halogens is 1. The lowest BCUT2D eigenvalue weighted by molar-refractivity contribution is -0.116. The van der Waals surface area contributed by atoms with Crippen molar-refractivity contribution in [3.05, 3.63) is 59.2 Å². The van der Waals surface area contributed by atoms with Crippen molar-refractivity contribution >= 4 is 40.0 Å². The molecule has 1 aromatic heterocycles. The summed E-state index contributed by atoms with van der Waals surface area (Å²) in [5, 5.41) is 4.24. The summed E-state index contributed by atoms with van der Waals surface area (Å²) >= 11 is 1.30. The van der Waals surface area contributed by atoms with Crippen molar-refractivity contribution < 1.29 is 18.7 Å². The van der Waals surface area contributed by atoms with Crippen LogP contribution in [0.4, 0.5) is 10.1 Å².